The van der Waals surface area contributed by atoms with Crippen molar-refractivity contribution in [3.8, 4) is 11.5 Å². The lowest BCUT2D eigenvalue weighted by molar-refractivity contribution is -0.186. The smallest absolute Gasteiger partial charge is 0.253 e. The van der Waals surface area contributed by atoms with E-state index in [1.165, 1.54) is 0 Å². The number of benzene rings is 1. The number of nitrogens with one attached hydrogen (secondary N) is 1. The summed E-state index contributed by atoms with van der Waals surface area (Å²) in [6, 6.07) is 6.86. The van der Waals surface area contributed by atoms with Crippen molar-refractivity contribution in [2.75, 3.05) is 13.6 Å². The molecule has 2 aliphatic heterocycles. The zero-order chi connectivity index (χ0) is 20.7. The van der Waals surface area contributed by atoms with Crippen LogP contribution in [0.3, 0.4) is 0 Å². The van der Waals surface area contributed by atoms with Crippen molar-refractivity contribution < 1.29 is 19.7 Å². The molecule has 1 aromatic heterocycles. The quantitative estimate of drug-likeness (QED) is 0.696. The van der Waals surface area contributed by atoms with Gasteiger partial charge in [-0.25, -0.2) is 0 Å². The lowest BCUT2D eigenvalue weighted by Gasteiger charge is -2.63. The summed E-state index contributed by atoms with van der Waals surface area (Å²) in [4.78, 5) is 19.2. The van der Waals surface area contributed by atoms with Crippen LogP contribution in [0.15, 0.2) is 36.7 Å². The van der Waals surface area contributed by atoms with E-state index in [9.17, 15) is 15.0 Å². The second-order valence-electron chi connectivity index (χ2n) is 9.19. The molecule has 0 unspecified atom stereocenters. The van der Waals surface area contributed by atoms with Crippen LogP contribution in [0, 0.1) is 0 Å². The van der Waals surface area contributed by atoms with Gasteiger partial charge in [-0.3, -0.25) is 9.78 Å². The van der Waals surface area contributed by atoms with Crippen LogP contribution in [0.2, 0.25) is 0 Å². The van der Waals surface area contributed by atoms with E-state index in [4.69, 9.17) is 4.74 Å². The van der Waals surface area contributed by atoms with E-state index in [2.05, 4.69) is 22.2 Å². The summed E-state index contributed by atoms with van der Waals surface area (Å²) < 4.78 is 6.40. The van der Waals surface area contributed by atoms with Gasteiger partial charge in [-0.15, -0.1) is 0 Å². The fourth-order valence-electron chi connectivity index (χ4n) is 6.65. The maximum absolute atomic E-state index is 12.9. The van der Waals surface area contributed by atoms with Gasteiger partial charge in [0.2, 0.25) is 0 Å². The molecule has 7 nitrogen and oxygen atoms in total. The van der Waals surface area contributed by atoms with Gasteiger partial charge in [0.15, 0.2) is 11.5 Å². The fraction of sp³-hybridized carbons (Fsp3) is 0.478. The molecule has 1 spiro atoms. The summed E-state index contributed by atoms with van der Waals surface area (Å²) in [7, 11) is 2.07. The number of phenols is 1. The Morgan fingerprint density at radius 2 is 2.20 bits per heavy atom. The van der Waals surface area contributed by atoms with Gasteiger partial charge < -0.3 is 25.2 Å². The molecular formula is C23H25N3O4. The van der Waals surface area contributed by atoms with Crippen LogP contribution in [-0.4, -0.2) is 63.4 Å². The van der Waals surface area contributed by atoms with E-state index in [1.807, 2.05) is 6.07 Å². The Labute approximate surface area is 174 Å². The zero-order valence-corrected chi connectivity index (χ0v) is 16.8. The van der Waals surface area contributed by atoms with Crippen LogP contribution in [0.25, 0.3) is 0 Å². The van der Waals surface area contributed by atoms with E-state index in [0.717, 1.165) is 30.5 Å². The van der Waals surface area contributed by atoms with Crippen LogP contribution in [-0.2, 0) is 11.8 Å². The minimum atomic E-state index is -0.952. The normalized spacial score (nSPS) is 36.0. The number of carbonyl (C=O) groups excluding carboxylic acids is 1. The third-order valence-electron chi connectivity index (χ3n) is 7.97. The number of piperidine rings is 1. The van der Waals surface area contributed by atoms with Crippen molar-refractivity contribution in [2.45, 2.75) is 54.9 Å². The van der Waals surface area contributed by atoms with Crippen molar-refractivity contribution in [1.29, 1.82) is 0 Å². The summed E-state index contributed by atoms with van der Waals surface area (Å²) >= 11 is 0. The number of aromatic nitrogens is 1. The van der Waals surface area contributed by atoms with Crippen LogP contribution in [0.5, 0.6) is 11.5 Å². The van der Waals surface area contributed by atoms with Crippen LogP contribution >= 0.6 is 0 Å². The predicted octanol–water partition coefficient (Wildman–Crippen LogP) is 1.37. The number of hydrogen-bond acceptors (Lipinski definition) is 6. The molecular weight excluding hydrogens is 382 g/mol. The molecule has 1 saturated carbocycles. The number of likely N-dealkylation sites (tertiary alicyclic amines) is 1. The maximum atomic E-state index is 12.9. The fourth-order valence-corrected chi connectivity index (χ4v) is 6.65. The minimum Gasteiger partial charge on any atom is -0.504 e. The number of amides is 1. The number of phenolic OH excluding ortho intramolecular Hbond substituents is 1. The van der Waals surface area contributed by atoms with Crippen LogP contribution < -0.4 is 10.1 Å². The number of ether oxygens (including phenoxy) is 1. The first-order valence-electron chi connectivity index (χ1n) is 10.6. The Morgan fingerprint density at radius 3 is 3.00 bits per heavy atom. The number of pyridine rings is 1. The number of hydrogen-bond donors (Lipinski definition) is 3. The summed E-state index contributed by atoms with van der Waals surface area (Å²) in [5, 5.41) is 25.8. The Hall–Kier alpha value is -2.64. The van der Waals surface area contributed by atoms with Gasteiger partial charge in [-0.2, -0.15) is 0 Å². The number of carbonyl (C=O) groups is 1. The van der Waals surface area contributed by atoms with E-state index in [-0.39, 0.29) is 23.7 Å². The highest BCUT2D eigenvalue weighted by Crippen LogP contribution is 2.65. The molecule has 3 heterocycles. The molecule has 0 radical (unpaired) electrons. The average molecular weight is 407 g/mol. The SMILES string of the molecule is CN1CC[C@]23c4c5ccc(O)c4O[C@H]2[C@@H](NC(=O)c2cccnc2)CC[C@@]3(O)[C@H]1C5. The van der Waals surface area contributed by atoms with Gasteiger partial charge in [0, 0.05) is 24.0 Å². The first-order valence-corrected chi connectivity index (χ1v) is 10.6. The van der Waals surface area contributed by atoms with Crippen molar-refractivity contribution in [2.24, 2.45) is 0 Å². The van der Waals surface area contributed by atoms with E-state index in [0.29, 0.717) is 24.2 Å². The van der Waals surface area contributed by atoms with Crippen LogP contribution in [0.1, 0.15) is 40.7 Å². The van der Waals surface area contributed by atoms with Crippen molar-refractivity contribution in [1.82, 2.24) is 15.2 Å². The van der Waals surface area contributed by atoms with Crippen molar-refractivity contribution in [3.63, 3.8) is 0 Å². The van der Waals surface area contributed by atoms with Crippen molar-refractivity contribution in [3.05, 3.63) is 53.3 Å². The molecule has 7 heteroatoms. The summed E-state index contributed by atoms with van der Waals surface area (Å²) in [5.74, 6) is 0.398. The molecule has 4 aliphatic rings. The van der Waals surface area contributed by atoms with Gasteiger partial charge in [0.1, 0.15) is 6.10 Å². The third kappa shape index (κ3) is 2.07. The maximum Gasteiger partial charge on any atom is 0.253 e. The largest absolute Gasteiger partial charge is 0.504 e. The lowest BCUT2D eigenvalue weighted by Crippen LogP contribution is -2.77. The Balaban J connectivity index is 1.46. The number of nitrogens with zero attached hydrogens (tertiary/aromatic N) is 2. The van der Waals surface area contributed by atoms with Gasteiger partial charge in [0.25, 0.3) is 5.91 Å². The molecule has 1 aromatic carbocycles. The monoisotopic (exact) mass is 407 g/mol. The summed E-state index contributed by atoms with van der Waals surface area (Å²) in [5.41, 5.74) is 1.01. The molecule has 5 atom stereocenters. The Bertz CT molecular complexity index is 1040. The summed E-state index contributed by atoms with van der Waals surface area (Å²) in [6.45, 7) is 0.838. The second kappa shape index (κ2) is 5.95. The molecule has 2 aliphatic carbocycles. The second-order valence-corrected chi connectivity index (χ2v) is 9.19. The summed E-state index contributed by atoms with van der Waals surface area (Å²) in [6.07, 6.45) is 5.42. The molecule has 30 heavy (non-hydrogen) atoms. The van der Waals surface area contributed by atoms with E-state index in [1.54, 1.807) is 30.6 Å². The van der Waals surface area contributed by atoms with Gasteiger partial charge in [0.05, 0.1) is 22.6 Å². The first-order chi connectivity index (χ1) is 14.5. The topological polar surface area (TPSA) is 94.9 Å². The molecule has 2 bridgehead atoms. The zero-order valence-electron chi connectivity index (χ0n) is 16.8. The molecule has 6 rings (SSSR count). The van der Waals surface area contributed by atoms with Crippen LogP contribution in [0.4, 0.5) is 0 Å². The minimum absolute atomic E-state index is 0.00434. The van der Waals surface area contributed by atoms with E-state index >= 15 is 0 Å². The number of likely N-dealkylation sites (N-methyl/N-ethyl adjacent to an activating group) is 1. The van der Waals surface area contributed by atoms with Gasteiger partial charge >= 0.3 is 0 Å². The van der Waals surface area contributed by atoms with Gasteiger partial charge in [-0.05, 0) is 63.0 Å². The molecule has 2 fully saturated rings. The lowest BCUT2D eigenvalue weighted by atomic mass is 9.48. The molecule has 3 N–H and O–H groups in total. The number of aliphatic hydroxyl groups is 1. The standard InChI is InChI=1S/C23H25N3O4/c1-26-10-8-22-18-13-4-5-16(27)19(18)30-20(22)15(6-7-23(22,29)17(26)11-13)25-21(28)14-3-2-9-24-12-14/h2-5,9,12,15,17,20,27,29H,6-8,10-11H2,1H3,(H,25,28)/t15-,17+,20-,22-,23+/m0/s1. The number of aromatic hydroxyl groups is 1. The highest BCUT2D eigenvalue weighted by molar-refractivity contribution is 5.94. The number of rotatable bonds is 2. The average Bonchev–Trinajstić information content (AvgIpc) is 3.11. The van der Waals surface area contributed by atoms with E-state index < -0.39 is 17.1 Å². The van der Waals surface area contributed by atoms with Crippen molar-refractivity contribution >= 4 is 5.91 Å². The highest BCUT2D eigenvalue weighted by atomic mass is 16.5. The Morgan fingerprint density at radius 1 is 1.33 bits per heavy atom. The Kier molecular flexibility index (Phi) is 3.60. The first kappa shape index (κ1) is 18.2. The molecule has 2 aromatic rings. The molecule has 1 amide bonds. The molecule has 1 saturated heterocycles. The third-order valence-corrected chi connectivity index (χ3v) is 7.97. The molecule has 156 valence electrons. The predicted molar refractivity (Wildman–Crippen MR) is 109 cm³/mol. The van der Waals surface area contributed by atoms with Gasteiger partial charge in [-0.1, -0.05) is 6.07 Å². The highest BCUT2D eigenvalue weighted by Gasteiger charge is 2.72.